The number of phenols is 1. The molecule has 0 aromatic heterocycles. The van der Waals surface area contributed by atoms with E-state index < -0.39 is 0 Å². The van der Waals surface area contributed by atoms with E-state index in [1.807, 2.05) is 6.07 Å². The summed E-state index contributed by atoms with van der Waals surface area (Å²) in [4.78, 5) is 12.3. The SMILES string of the molecule is CCCCC12CC(=O)C=C1c1ccc(O)c(Cl)c1CC2Br. The standard InChI is InChI=1S/C17H18BrClO2/c1-2-3-6-17-9-10(20)7-13(17)11-4-5-14(21)16(19)12(11)8-15(17)18/h4-5,7,15,21H,2-3,6,8-9H2,1H3. The van der Waals surface area contributed by atoms with Gasteiger partial charge in [-0.2, -0.15) is 0 Å². The zero-order valence-electron chi connectivity index (χ0n) is 12.0. The van der Waals surface area contributed by atoms with Crippen LogP contribution in [0.15, 0.2) is 18.2 Å². The first-order chi connectivity index (χ1) is 9.99. The molecular weight excluding hydrogens is 352 g/mol. The fourth-order valence-electron chi connectivity index (χ4n) is 3.69. The summed E-state index contributed by atoms with van der Waals surface area (Å²) in [7, 11) is 0. The lowest BCUT2D eigenvalue weighted by Crippen LogP contribution is -2.36. The molecule has 1 aromatic rings. The van der Waals surface area contributed by atoms with Crippen LogP contribution in [0, 0.1) is 5.41 Å². The van der Waals surface area contributed by atoms with Gasteiger partial charge in [-0.3, -0.25) is 4.79 Å². The number of hydrogen-bond acceptors (Lipinski definition) is 2. The zero-order valence-corrected chi connectivity index (χ0v) is 14.3. The third-order valence-electron chi connectivity index (χ3n) is 4.80. The Morgan fingerprint density at radius 3 is 2.95 bits per heavy atom. The van der Waals surface area contributed by atoms with Gasteiger partial charge in [0, 0.05) is 16.7 Å². The molecule has 0 heterocycles. The van der Waals surface area contributed by atoms with E-state index in [0.29, 0.717) is 11.4 Å². The Morgan fingerprint density at radius 2 is 2.24 bits per heavy atom. The maximum atomic E-state index is 12.1. The maximum absolute atomic E-state index is 12.1. The number of benzene rings is 1. The Hall–Kier alpha value is -0.800. The van der Waals surface area contributed by atoms with E-state index in [2.05, 4.69) is 22.9 Å². The van der Waals surface area contributed by atoms with Gasteiger partial charge < -0.3 is 5.11 Å². The maximum Gasteiger partial charge on any atom is 0.156 e. The van der Waals surface area contributed by atoms with Crippen molar-refractivity contribution in [2.24, 2.45) is 5.41 Å². The minimum atomic E-state index is -0.111. The fraction of sp³-hybridized carbons (Fsp3) is 0.471. The molecule has 0 radical (unpaired) electrons. The van der Waals surface area contributed by atoms with Crippen LogP contribution in [0.25, 0.3) is 5.57 Å². The van der Waals surface area contributed by atoms with Crippen molar-refractivity contribution in [2.45, 2.75) is 43.9 Å². The van der Waals surface area contributed by atoms with Crippen LogP contribution in [-0.2, 0) is 11.2 Å². The number of halogens is 2. The summed E-state index contributed by atoms with van der Waals surface area (Å²) in [6.07, 6.45) is 6.34. The second-order valence-electron chi connectivity index (χ2n) is 6.06. The molecule has 2 atom stereocenters. The van der Waals surface area contributed by atoms with Crippen LogP contribution >= 0.6 is 27.5 Å². The number of hydrogen-bond donors (Lipinski definition) is 1. The summed E-state index contributed by atoms with van der Waals surface area (Å²) in [5, 5.41) is 10.2. The molecule has 0 saturated heterocycles. The minimum absolute atomic E-state index is 0.111. The summed E-state index contributed by atoms with van der Waals surface area (Å²) in [5.74, 6) is 0.309. The van der Waals surface area contributed by atoms with E-state index >= 15 is 0 Å². The van der Waals surface area contributed by atoms with Gasteiger partial charge in [-0.15, -0.1) is 0 Å². The Bertz CT molecular complexity index is 638. The van der Waals surface area contributed by atoms with Gasteiger partial charge in [0.1, 0.15) is 5.75 Å². The van der Waals surface area contributed by atoms with E-state index in [4.69, 9.17) is 11.6 Å². The van der Waals surface area contributed by atoms with Crippen LogP contribution in [-0.4, -0.2) is 15.7 Å². The van der Waals surface area contributed by atoms with Crippen molar-refractivity contribution >= 4 is 38.9 Å². The van der Waals surface area contributed by atoms with E-state index in [9.17, 15) is 9.90 Å². The minimum Gasteiger partial charge on any atom is -0.506 e. The van der Waals surface area contributed by atoms with Crippen molar-refractivity contribution in [3.63, 3.8) is 0 Å². The monoisotopic (exact) mass is 368 g/mol. The van der Waals surface area contributed by atoms with Crippen molar-refractivity contribution in [1.29, 1.82) is 0 Å². The lowest BCUT2D eigenvalue weighted by Gasteiger charge is -2.42. The molecule has 2 aliphatic carbocycles. The first-order valence-electron chi connectivity index (χ1n) is 7.39. The highest BCUT2D eigenvalue weighted by Crippen LogP contribution is 2.57. The first kappa shape index (κ1) is 15.1. The number of rotatable bonds is 3. The Morgan fingerprint density at radius 1 is 1.48 bits per heavy atom. The molecule has 2 nitrogen and oxygen atoms in total. The number of alkyl halides is 1. The summed E-state index contributed by atoms with van der Waals surface area (Å²) in [5.41, 5.74) is 2.98. The van der Waals surface area contributed by atoms with Gasteiger partial charge in [-0.1, -0.05) is 53.4 Å². The molecule has 0 aliphatic heterocycles. The highest BCUT2D eigenvalue weighted by atomic mass is 79.9. The third-order valence-corrected chi connectivity index (χ3v) is 6.43. The number of unbranched alkanes of at least 4 members (excludes halogenated alkanes) is 1. The average Bonchev–Trinajstić information content (AvgIpc) is 2.80. The molecule has 2 aliphatic rings. The van der Waals surface area contributed by atoms with Crippen molar-refractivity contribution < 1.29 is 9.90 Å². The predicted molar refractivity (Wildman–Crippen MR) is 89.1 cm³/mol. The number of ketones is 1. The van der Waals surface area contributed by atoms with Gasteiger partial charge in [-0.25, -0.2) is 0 Å². The van der Waals surface area contributed by atoms with Gasteiger partial charge in [-0.05, 0) is 41.7 Å². The van der Waals surface area contributed by atoms with Crippen molar-refractivity contribution in [1.82, 2.24) is 0 Å². The van der Waals surface area contributed by atoms with Gasteiger partial charge >= 0.3 is 0 Å². The van der Waals surface area contributed by atoms with E-state index in [-0.39, 0.29) is 21.8 Å². The Labute approximate surface area is 138 Å². The second-order valence-corrected chi connectivity index (χ2v) is 7.54. The summed E-state index contributed by atoms with van der Waals surface area (Å²) >= 11 is 10.1. The molecule has 4 heteroatoms. The predicted octanol–water partition coefficient (Wildman–Crippen LogP) is 4.90. The van der Waals surface area contributed by atoms with Gasteiger partial charge in [0.2, 0.25) is 0 Å². The molecule has 21 heavy (non-hydrogen) atoms. The summed E-state index contributed by atoms with van der Waals surface area (Å²) in [6, 6.07) is 3.53. The normalized spacial score (nSPS) is 27.3. The number of carbonyl (C=O) groups is 1. The lowest BCUT2D eigenvalue weighted by molar-refractivity contribution is -0.115. The number of aromatic hydroxyl groups is 1. The van der Waals surface area contributed by atoms with Crippen LogP contribution in [0.1, 0.15) is 43.7 Å². The van der Waals surface area contributed by atoms with Crippen molar-refractivity contribution in [2.75, 3.05) is 0 Å². The smallest absolute Gasteiger partial charge is 0.156 e. The quantitative estimate of drug-likeness (QED) is 0.770. The molecule has 0 bridgehead atoms. The van der Waals surface area contributed by atoms with Crippen molar-refractivity contribution in [3.8, 4) is 5.75 Å². The topological polar surface area (TPSA) is 37.3 Å². The number of fused-ring (bicyclic) bond motifs is 3. The fourth-order valence-corrected chi connectivity index (χ4v) is 4.90. The molecule has 1 aromatic carbocycles. The molecule has 0 saturated carbocycles. The van der Waals surface area contributed by atoms with Gasteiger partial charge in [0.05, 0.1) is 5.02 Å². The van der Waals surface area contributed by atoms with Crippen LogP contribution < -0.4 is 0 Å². The van der Waals surface area contributed by atoms with E-state index in [1.54, 1.807) is 12.1 Å². The molecule has 3 rings (SSSR count). The molecule has 0 spiro atoms. The molecule has 1 N–H and O–H groups in total. The number of carbonyl (C=O) groups excluding carboxylic acids is 1. The molecular formula is C17H18BrClO2. The van der Waals surface area contributed by atoms with E-state index in [0.717, 1.165) is 42.4 Å². The zero-order chi connectivity index (χ0) is 15.2. The van der Waals surface area contributed by atoms with Crippen molar-refractivity contribution in [3.05, 3.63) is 34.4 Å². The molecule has 112 valence electrons. The highest BCUT2D eigenvalue weighted by Gasteiger charge is 2.49. The van der Waals surface area contributed by atoms with Crippen LogP contribution in [0.2, 0.25) is 5.02 Å². The molecule has 0 fully saturated rings. The van der Waals surface area contributed by atoms with Crippen LogP contribution in [0.3, 0.4) is 0 Å². The number of phenolic OH excluding ortho intramolecular Hbond substituents is 1. The van der Waals surface area contributed by atoms with Crippen LogP contribution in [0.4, 0.5) is 0 Å². The van der Waals surface area contributed by atoms with E-state index in [1.165, 1.54) is 0 Å². The largest absolute Gasteiger partial charge is 0.506 e. The van der Waals surface area contributed by atoms with Gasteiger partial charge in [0.15, 0.2) is 5.78 Å². The molecule has 0 amide bonds. The molecule has 2 unspecified atom stereocenters. The second kappa shape index (κ2) is 5.44. The lowest BCUT2D eigenvalue weighted by atomic mass is 9.66. The average molecular weight is 370 g/mol. The third kappa shape index (κ3) is 2.25. The summed E-state index contributed by atoms with van der Waals surface area (Å²) < 4.78 is 0. The summed E-state index contributed by atoms with van der Waals surface area (Å²) in [6.45, 7) is 2.17. The first-order valence-corrected chi connectivity index (χ1v) is 8.68. The van der Waals surface area contributed by atoms with Crippen LogP contribution in [0.5, 0.6) is 5.75 Å². The Kier molecular flexibility index (Phi) is 3.91. The number of allylic oxidation sites excluding steroid dienone is 2. The Balaban J connectivity index is 2.15. The van der Waals surface area contributed by atoms with Gasteiger partial charge in [0.25, 0.3) is 0 Å². The highest BCUT2D eigenvalue weighted by molar-refractivity contribution is 9.09.